The van der Waals surface area contributed by atoms with Gasteiger partial charge in [0.1, 0.15) is 0 Å². The Morgan fingerprint density at radius 2 is 1.95 bits per heavy atom. The highest BCUT2D eigenvalue weighted by molar-refractivity contribution is 6.30. The summed E-state index contributed by atoms with van der Waals surface area (Å²) < 4.78 is 6.28. The van der Waals surface area contributed by atoms with Gasteiger partial charge in [0.2, 0.25) is 0 Å². The maximum Gasteiger partial charge on any atom is 0.0976 e. The van der Waals surface area contributed by atoms with Crippen molar-refractivity contribution in [2.75, 3.05) is 0 Å². The molecule has 2 rings (SSSR count). The van der Waals surface area contributed by atoms with Crippen LogP contribution in [0.1, 0.15) is 51.2 Å². The Bertz CT molecular complexity index is 390. The van der Waals surface area contributed by atoms with E-state index < -0.39 is 0 Å². The lowest BCUT2D eigenvalue weighted by atomic mass is 9.88. The van der Waals surface area contributed by atoms with E-state index in [1.165, 1.54) is 12.8 Å². The fraction of sp³-hybridized carbons (Fsp3) is 0.625. The van der Waals surface area contributed by atoms with Gasteiger partial charge in [-0.25, -0.2) is 0 Å². The van der Waals surface area contributed by atoms with Crippen LogP contribution in [-0.2, 0) is 4.74 Å². The van der Waals surface area contributed by atoms with Crippen LogP contribution >= 0.6 is 11.6 Å². The molecule has 1 aromatic carbocycles. The maximum absolute atomic E-state index is 6.28. The zero-order valence-electron chi connectivity index (χ0n) is 11.8. The van der Waals surface area contributed by atoms with Crippen molar-refractivity contribution in [1.82, 2.24) is 0 Å². The van der Waals surface area contributed by atoms with Crippen molar-refractivity contribution in [3.63, 3.8) is 0 Å². The second-order valence-electron chi connectivity index (χ2n) is 5.86. The van der Waals surface area contributed by atoms with Gasteiger partial charge in [-0.2, -0.15) is 0 Å². The quantitative estimate of drug-likeness (QED) is 0.892. The van der Waals surface area contributed by atoms with E-state index in [1.807, 2.05) is 31.2 Å². The fourth-order valence-corrected chi connectivity index (χ4v) is 2.99. The SMILES string of the molecule is CC1CCCC(OC(c2ccc(Cl)cc2)C(C)N)C1. The Morgan fingerprint density at radius 3 is 2.53 bits per heavy atom. The molecule has 2 nitrogen and oxygen atoms in total. The third-order valence-electron chi connectivity index (χ3n) is 3.90. The molecule has 2 N–H and O–H groups in total. The van der Waals surface area contributed by atoms with Crippen LogP contribution in [0.2, 0.25) is 5.02 Å². The highest BCUT2D eigenvalue weighted by Gasteiger charge is 2.25. The summed E-state index contributed by atoms with van der Waals surface area (Å²) in [6.45, 7) is 4.31. The van der Waals surface area contributed by atoms with Gasteiger partial charge in [0.15, 0.2) is 0 Å². The monoisotopic (exact) mass is 281 g/mol. The van der Waals surface area contributed by atoms with Crippen LogP contribution < -0.4 is 5.73 Å². The van der Waals surface area contributed by atoms with Crippen molar-refractivity contribution in [1.29, 1.82) is 0 Å². The molecule has 1 fully saturated rings. The van der Waals surface area contributed by atoms with Gasteiger partial charge in [-0.05, 0) is 43.4 Å². The van der Waals surface area contributed by atoms with Crippen LogP contribution in [0.5, 0.6) is 0 Å². The molecule has 1 saturated carbocycles. The van der Waals surface area contributed by atoms with E-state index >= 15 is 0 Å². The molecule has 4 unspecified atom stereocenters. The summed E-state index contributed by atoms with van der Waals surface area (Å²) >= 11 is 5.93. The summed E-state index contributed by atoms with van der Waals surface area (Å²) in [5, 5.41) is 0.749. The molecule has 3 heteroatoms. The number of halogens is 1. The molecular weight excluding hydrogens is 258 g/mol. The summed E-state index contributed by atoms with van der Waals surface area (Å²) in [6.07, 6.45) is 5.20. The van der Waals surface area contributed by atoms with Gasteiger partial charge in [-0.1, -0.05) is 43.5 Å². The van der Waals surface area contributed by atoms with Crippen molar-refractivity contribution in [2.24, 2.45) is 11.7 Å². The molecule has 0 aliphatic heterocycles. The topological polar surface area (TPSA) is 35.2 Å². The summed E-state index contributed by atoms with van der Waals surface area (Å²) in [4.78, 5) is 0. The van der Waals surface area contributed by atoms with Crippen molar-refractivity contribution < 1.29 is 4.74 Å². The molecule has 0 heterocycles. The standard InChI is InChI=1S/C16H24ClNO/c1-11-4-3-5-15(10-11)19-16(12(2)18)13-6-8-14(17)9-7-13/h6-9,11-12,15-16H,3-5,10,18H2,1-2H3. The van der Waals surface area contributed by atoms with Crippen molar-refractivity contribution in [3.8, 4) is 0 Å². The third-order valence-corrected chi connectivity index (χ3v) is 4.16. The van der Waals surface area contributed by atoms with Crippen LogP contribution in [-0.4, -0.2) is 12.1 Å². The molecule has 0 amide bonds. The molecule has 4 atom stereocenters. The number of hydrogen-bond donors (Lipinski definition) is 1. The van der Waals surface area contributed by atoms with Gasteiger partial charge in [0, 0.05) is 11.1 Å². The van der Waals surface area contributed by atoms with Gasteiger partial charge >= 0.3 is 0 Å². The molecule has 1 aromatic rings. The first kappa shape index (κ1) is 14.8. The van der Waals surface area contributed by atoms with Crippen molar-refractivity contribution in [3.05, 3.63) is 34.9 Å². The van der Waals surface area contributed by atoms with E-state index in [2.05, 4.69) is 6.92 Å². The number of ether oxygens (including phenoxy) is 1. The molecule has 106 valence electrons. The first-order valence-electron chi connectivity index (χ1n) is 7.22. The third kappa shape index (κ3) is 4.20. The predicted octanol–water partition coefficient (Wildman–Crippen LogP) is 4.32. The molecule has 0 bridgehead atoms. The average Bonchev–Trinajstić information content (AvgIpc) is 2.37. The lowest BCUT2D eigenvalue weighted by Crippen LogP contribution is -2.32. The minimum atomic E-state index is -0.0347. The largest absolute Gasteiger partial charge is 0.369 e. The highest BCUT2D eigenvalue weighted by atomic mass is 35.5. The highest BCUT2D eigenvalue weighted by Crippen LogP contribution is 2.31. The van der Waals surface area contributed by atoms with E-state index in [0.29, 0.717) is 6.10 Å². The Labute approximate surface area is 121 Å². The Morgan fingerprint density at radius 1 is 1.26 bits per heavy atom. The zero-order chi connectivity index (χ0) is 13.8. The predicted molar refractivity (Wildman–Crippen MR) is 80.3 cm³/mol. The smallest absolute Gasteiger partial charge is 0.0976 e. The molecule has 19 heavy (non-hydrogen) atoms. The molecule has 1 aliphatic rings. The minimum Gasteiger partial charge on any atom is -0.369 e. The number of rotatable bonds is 4. The van der Waals surface area contributed by atoms with E-state index in [1.54, 1.807) is 0 Å². The van der Waals surface area contributed by atoms with E-state index in [9.17, 15) is 0 Å². The van der Waals surface area contributed by atoms with Crippen LogP contribution in [0.25, 0.3) is 0 Å². The van der Waals surface area contributed by atoms with E-state index in [0.717, 1.165) is 29.3 Å². The normalized spacial score (nSPS) is 26.9. The number of hydrogen-bond acceptors (Lipinski definition) is 2. The maximum atomic E-state index is 6.28. The molecule has 0 aromatic heterocycles. The lowest BCUT2D eigenvalue weighted by Gasteiger charge is -2.32. The number of benzene rings is 1. The van der Waals surface area contributed by atoms with Crippen molar-refractivity contribution in [2.45, 2.75) is 57.8 Å². The first-order valence-corrected chi connectivity index (χ1v) is 7.60. The van der Waals surface area contributed by atoms with E-state index in [-0.39, 0.29) is 12.1 Å². The number of nitrogens with two attached hydrogens (primary N) is 1. The van der Waals surface area contributed by atoms with Gasteiger partial charge < -0.3 is 10.5 Å². The summed E-state index contributed by atoms with van der Waals surface area (Å²) in [6, 6.07) is 7.82. The fourth-order valence-electron chi connectivity index (χ4n) is 2.87. The minimum absolute atomic E-state index is 0.0154. The zero-order valence-corrected chi connectivity index (χ0v) is 12.6. The summed E-state index contributed by atoms with van der Waals surface area (Å²) in [5.41, 5.74) is 7.22. The second-order valence-corrected chi connectivity index (χ2v) is 6.30. The van der Waals surface area contributed by atoms with E-state index in [4.69, 9.17) is 22.1 Å². The van der Waals surface area contributed by atoms with Crippen LogP contribution in [0.15, 0.2) is 24.3 Å². The van der Waals surface area contributed by atoms with Crippen LogP contribution in [0.4, 0.5) is 0 Å². The average molecular weight is 282 g/mol. The van der Waals surface area contributed by atoms with Gasteiger partial charge in [-0.15, -0.1) is 0 Å². The molecular formula is C16H24ClNO. The molecule has 0 spiro atoms. The van der Waals surface area contributed by atoms with Crippen LogP contribution in [0, 0.1) is 5.92 Å². The summed E-state index contributed by atoms with van der Waals surface area (Å²) in [7, 11) is 0. The lowest BCUT2D eigenvalue weighted by molar-refractivity contribution is -0.0490. The van der Waals surface area contributed by atoms with Crippen molar-refractivity contribution >= 4 is 11.6 Å². The molecule has 0 radical (unpaired) electrons. The molecule has 0 saturated heterocycles. The summed E-state index contributed by atoms with van der Waals surface area (Å²) in [5.74, 6) is 0.762. The first-order chi connectivity index (χ1) is 9.06. The van der Waals surface area contributed by atoms with Crippen LogP contribution in [0.3, 0.4) is 0 Å². The Kier molecular flexibility index (Phi) is 5.26. The second kappa shape index (κ2) is 6.74. The van der Waals surface area contributed by atoms with Gasteiger partial charge in [0.25, 0.3) is 0 Å². The Hall–Kier alpha value is -0.570. The van der Waals surface area contributed by atoms with Gasteiger partial charge in [-0.3, -0.25) is 0 Å². The Balaban J connectivity index is 2.05. The molecule has 1 aliphatic carbocycles. The van der Waals surface area contributed by atoms with Gasteiger partial charge in [0.05, 0.1) is 12.2 Å².